The van der Waals surface area contributed by atoms with Gasteiger partial charge in [-0.3, -0.25) is 4.79 Å². The second-order valence-corrected chi connectivity index (χ2v) is 10.9. The molecule has 1 aliphatic heterocycles. The fraction of sp³-hybridized carbons (Fsp3) is 0.407. The van der Waals surface area contributed by atoms with Crippen LogP contribution >= 0.6 is 11.3 Å². The van der Waals surface area contributed by atoms with Crippen LogP contribution in [0.15, 0.2) is 41.0 Å². The Morgan fingerprint density at radius 1 is 1.23 bits per heavy atom. The van der Waals surface area contributed by atoms with Crippen LogP contribution < -0.4 is 20.1 Å². The molecule has 1 amide bonds. The molecule has 1 aromatic carbocycles. The smallest absolute Gasteiger partial charge is 0.379 e. The quantitative estimate of drug-likeness (QED) is 0.324. The van der Waals surface area contributed by atoms with E-state index in [1.165, 1.54) is 29.9 Å². The second-order valence-electron chi connectivity index (χ2n) is 9.82. The number of carbonyl (C=O) groups is 2. The average Bonchev–Trinajstić information content (AvgIpc) is 3.52. The van der Waals surface area contributed by atoms with Gasteiger partial charge in [0.1, 0.15) is 11.2 Å². The van der Waals surface area contributed by atoms with Crippen LogP contribution in [0.25, 0.3) is 0 Å². The third kappa shape index (κ3) is 4.31. The zero-order valence-electron chi connectivity index (χ0n) is 20.4. The zero-order chi connectivity index (χ0) is 24.7. The number of nitrogens with one attached hydrogen (secondary N) is 2. The van der Waals surface area contributed by atoms with Gasteiger partial charge in [0.2, 0.25) is 5.76 Å². The van der Waals surface area contributed by atoms with Crippen LogP contribution in [0.5, 0.6) is 11.5 Å². The third-order valence-electron chi connectivity index (χ3n) is 7.51. The van der Waals surface area contributed by atoms with Gasteiger partial charge in [0.15, 0.2) is 11.5 Å². The first-order valence-corrected chi connectivity index (χ1v) is 12.8. The Kier molecular flexibility index (Phi) is 6.09. The van der Waals surface area contributed by atoms with Crippen molar-refractivity contribution in [3.05, 3.63) is 63.9 Å². The van der Waals surface area contributed by atoms with Crippen molar-refractivity contribution in [2.75, 3.05) is 12.4 Å². The number of ether oxygens (including phenoxy) is 2. The molecule has 2 aliphatic rings. The zero-order valence-corrected chi connectivity index (χ0v) is 21.2. The molecule has 0 fully saturated rings. The normalized spacial score (nSPS) is 19.3. The molecule has 1 aliphatic carbocycles. The van der Waals surface area contributed by atoms with Gasteiger partial charge in [0, 0.05) is 4.88 Å². The molecular formula is C27H30N2O5S. The average molecular weight is 495 g/mol. The number of amides is 1. The summed E-state index contributed by atoms with van der Waals surface area (Å²) in [6.45, 7) is 6.95. The molecule has 0 saturated carbocycles. The van der Waals surface area contributed by atoms with Gasteiger partial charge in [-0.25, -0.2) is 4.79 Å². The van der Waals surface area contributed by atoms with Crippen molar-refractivity contribution < 1.29 is 23.5 Å². The first kappa shape index (κ1) is 23.5. The molecule has 8 heteroatoms. The molecule has 0 bridgehead atoms. The number of hydrogen-bond acceptors (Lipinski definition) is 7. The number of rotatable bonds is 6. The largest absolute Gasteiger partial charge is 0.493 e. The highest BCUT2D eigenvalue weighted by molar-refractivity contribution is 7.16. The van der Waals surface area contributed by atoms with Crippen molar-refractivity contribution in [2.24, 2.45) is 11.3 Å². The Morgan fingerprint density at radius 2 is 2.06 bits per heavy atom. The maximum absolute atomic E-state index is 13.2. The van der Waals surface area contributed by atoms with E-state index in [0.717, 1.165) is 41.8 Å². The Labute approximate surface area is 208 Å². The molecular weight excluding hydrogens is 464 g/mol. The number of methoxy groups -OCH3 is 1. The first-order valence-electron chi connectivity index (χ1n) is 12.0. The van der Waals surface area contributed by atoms with E-state index in [1.54, 1.807) is 29.5 Å². The Hall–Kier alpha value is -3.26. The summed E-state index contributed by atoms with van der Waals surface area (Å²) in [5.74, 6) is 0.733. The number of esters is 1. The molecule has 7 nitrogen and oxygen atoms in total. The van der Waals surface area contributed by atoms with Gasteiger partial charge in [-0.2, -0.15) is 0 Å². The number of carbonyl (C=O) groups excluding carboxylic acids is 2. The maximum Gasteiger partial charge on any atom is 0.379 e. The molecule has 0 radical (unpaired) electrons. The first-order chi connectivity index (χ1) is 16.8. The van der Waals surface area contributed by atoms with Gasteiger partial charge >= 0.3 is 5.97 Å². The lowest BCUT2D eigenvalue weighted by molar-refractivity contribution is 0.0696. The molecule has 2 unspecified atom stereocenters. The lowest BCUT2D eigenvalue weighted by atomic mass is 9.69. The lowest BCUT2D eigenvalue weighted by Crippen LogP contribution is -2.38. The summed E-state index contributed by atoms with van der Waals surface area (Å²) in [6, 6.07) is 8.39. The van der Waals surface area contributed by atoms with Crippen LogP contribution in [0, 0.1) is 11.3 Å². The monoisotopic (exact) mass is 494 g/mol. The minimum absolute atomic E-state index is 0.0539. The SMILES string of the molecule is CCC(C)(C)C1CCc2c(sc3c2C(=O)NC(c2ccc(OC(=O)c4ccco4)c(OC)c2)N3)C1. The van der Waals surface area contributed by atoms with E-state index in [4.69, 9.17) is 13.9 Å². The van der Waals surface area contributed by atoms with Crippen LogP contribution in [0.4, 0.5) is 5.00 Å². The number of thiophene rings is 1. The van der Waals surface area contributed by atoms with E-state index in [0.29, 0.717) is 17.1 Å². The van der Waals surface area contributed by atoms with E-state index in [-0.39, 0.29) is 17.4 Å². The van der Waals surface area contributed by atoms with Gasteiger partial charge in [0.05, 0.1) is 18.9 Å². The van der Waals surface area contributed by atoms with Gasteiger partial charge in [0.25, 0.3) is 5.91 Å². The van der Waals surface area contributed by atoms with E-state index in [2.05, 4.69) is 31.4 Å². The maximum atomic E-state index is 13.2. The minimum Gasteiger partial charge on any atom is -0.493 e. The van der Waals surface area contributed by atoms with Crippen LogP contribution in [-0.4, -0.2) is 19.0 Å². The summed E-state index contributed by atoms with van der Waals surface area (Å²) in [7, 11) is 1.51. The summed E-state index contributed by atoms with van der Waals surface area (Å²) in [4.78, 5) is 26.8. The fourth-order valence-electron chi connectivity index (χ4n) is 4.91. The molecule has 5 rings (SSSR count). The highest BCUT2D eigenvalue weighted by atomic mass is 32.1. The molecule has 35 heavy (non-hydrogen) atoms. The summed E-state index contributed by atoms with van der Waals surface area (Å²) in [5, 5.41) is 7.52. The number of hydrogen-bond donors (Lipinski definition) is 2. The standard InChI is InChI=1S/C27H30N2O5S/c1-5-27(2,3)16-9-10-17-21(14-16)35-25-22(17)24(30)28-23(29-25)15-8-11-18(20(13-15)32-4)34-26(31)19-7-6-12-33-19/h6-8,11-13,16,23,29H,5,9-10,14H2,1-4H3,(H,28,30). The van der Waals surface area contributed by atoms with Gasteiger partial charge < -0.3 is 24.5 Å². The fourth-order valence-corrected chi connectivity index (χ4v) is 6.27. The molecule has 3 aromatic rings. The van der Waals surface area contributed by atoms with Gasteiger partial charge in [-0.05, 0) is 66.0 Å². The Balaban J connectivity index is 1.37. The van der Waals surface area contributed by atoms with Crippen LogP contribution in [0.1, 0.15) is 76.7 Å². The topological polar surface area (TPSA) is 89.8 Å². The van der Waals surface area contributed by atoms with Crippen molar-refractivity contribution in [3.8, 4) is 11.5 Å². The highest BCUT2D eigenvalue weighted by Gasteiger charge is 2.37. The van der Waals surface area contributed by atoms with Crippen LogP contribution in [0.3, 0.4) is 0 Å². The second kappa shape index (κ2) is 9.07. The summed E-state index contributed by atoms with van der Waals surface area (Å²) in [6.07, 6.45) is 5.23. The van der Waals surface area contributed by atoms with Crippen molar-refractivity contribution in [3.63, 3.8) is 0 Å². The molecule has 2 atom stereocenters. The van der Waals surface area contributed by atoms with E-state index >= 15 is 0 Å². The number of benzene rings is 1. The molecule has 2 N–H and O–H groups in total. The van der Waals surface area contributed by atoms with Crippen molar-refractivity contribution in [2.45, 2.75) is 52.6 Å². The van der Waals surface area contributed by atoms with Crippen LogP contribution in [0.2, 0.25) is 0 Å². The predicted molar refractivity (Wildman–Crippen MR) is 134 cm³/mol. The molecule has 2 aromatic heterocycles. The van der Waals surface area contributed by atoms with Crippen LogP contribution in [-0.2, 0) is 12.8 Å². The minimum atomic E-state index is -0.608. The Morgan fingerprint density at radius 3 is 2.77 bits per heavy atom. The summed E-state index contributed by atoms with van der Waals surface area (Å²) in [5.41, 5.74) is 3.09. The van der Waals surface area contributed by atoms with Gasteiger partial charge in [-0.1, -0.05) is 33.3 Å². The molecule has 184 valence electrons. The molecule has 0 spiro atoms. The van der Waals surface area contributed by atoms with E-state index in [9.17, 15) is 9.59 Å². The van der Waals surface area contributed by atoms with E-state index in [1.807, 2.05) is 6.07 Å². The summed E-state index contributed by atoms with van der Waals surface area (Å²) < 4.78 is 16.0. The number of fused-ring (bicyclic) bond motifs is 3. The van der Waals surface area contributed by atoms with E-state index < -0.39 is 12.1 Å². The predicted octanol–water partition coefficient (Wildman–Crippen LogP) is 5.96. The Bertz CT molecular complexity index is 1260. The van der Waals surface area contributed by atoms with Crippen molar-refractivity contribution in [1.29, 1.82) is 0 Å². The van der Waals surface area contributed by atoms with Crippen molar-refractivity contribution in [1.82, 2.24) is 5.32 Å². The highest BCUT2D eigenvalue weighted by Crippen LogP contribution is 2.47. The molecule has 3 heterocycles. The van der Waals surface area contributed by atoms with Gasteiger partial charge in [-0.15, -0.1) is 11.3 Å². The number of furan rings is 1. The number of anilines is 1. The third-order valence-corrected chi connectivity index (χ3v) is 8.69. The molecule has 0 saturated heterocycles. The van der Waals surface area contributed by atoms with Crippen molar-refractivity contribution >= 4 is 28.2 Å². The summed E-state index contributed by atoms with van der Waals surface area (Å²) >= 11 is 1.71. The lowest BCUT2D eigenvalue weighted by Gasteiger charge is -2.36.